The van der Waals surface area contributed by atoms with Crippen LogP contribution >= 0.6 is 0 Å². The third-order valence-electron chi connectivity index (χ3n) is 6.48. The van der Waals surface area contributed by atoms with E-state index in [1.165, 1.54) is 0 Å². The Kier molecular flexibility index (Phi) is 5.61. The highest BCUT2D eigenvalue weighted by Gasteiger charge is 2.36. The number of benzene rings is 3. The number of rotatable bonds is 5. The molecule has 1 unspecified atom stereocenters. The fourth-order valence-corrected chi connectivity index (χ4v) is 4.79. The van der Waals surface area contributed by atoms with E-state index in [2.05, 4.69) is 33.8 Å². The molecule has 0 saturated heterocycles. The van der Waals surface area contributed by atoms with Gasteiger partial charge in [-0.05, 0) is 35.9 Å². The SMILES string of the molecule is COc1ccccc1C1C(C(=O)Nc2cccnc2)=C(C)Nc2nc(-c3cccc4ccccc34)nn21. The molecule has 37 heavy (non-hydrogen) atoms. The van der Waals surface area contributed by atoms with Crippen molar-refractivity contribution in [3.8, 4) is 17.1 Å². The van der Waals surface area contributed by atoms with Gasteiger partial charge in [-0.15, -0.1) is 5.10 Å². The lowest BCUT2D eigenvalue weighted by atomic mass is 9.94. The molecule has 5 aromatic rings. The summed E-state index contributed by atoms with van der Waals surface area (Å²) in [7, 11) is 1.62. The number of ether oxygens (including phenoxy) is 1. The lowest BCUT2D eigenvalue weighted by molar-refractivity contribution is -0.113. The Morgan fingerprint density at radius 2 is 1.81 bits per heavy atom. The maximum absolute atomic E-state index is 13.7. The Morgan fingerprint density at radius 3 is 2.65 bits per heavy atom. The van der Waals surface area contributed by atoms with Gasteiger partial charge in [-0.2, -0.15) is 4.98 Å². The second-order valence-electron chi connectivity index (χ2n) is 8.73. The van der Waals surface area contributed by atoms with Crippen LogP contribution in [0.3, 0.4) is 0 Å². The molecule has 8 heteroatoms. The van der Waals surface area contributed by atoms with Gasteiger partial charge in [-0.3, -0.25) is 9.78 Å². The summed E-state index contributed by atoms with van der Waals surface area (Å²) in [5.74, 6) is 1.51. The molecule has 8 nitrogen and oxygen atoms in total. The van der Waals surface area contributed by atoms with Crippen molar-refractivity contribution >= 4 is 28.3 Å². The first-order valence-corrected chi connectivity index (χ1v) is 11.9. The van der Waals surface area contributed by atoms with E-state index in [-0.39, 0.29) is 5.91 Å². The van der Waals surface area contributed by atoms with E-state index in [1.54, 1.807) is 36.3 Å². The number of hydrogen-bond acceptors (Lipinski definition) is 6. The summed E-state index contributed by atoms with van der Waals surface area (Å²) in [6.07, 6.45) is 3.28. The van der Waals surface area contributed by atoms with Crippen LogP contribution in [0.15, 0.2) is 103 Å². The molecule has 0 fully saturated rings. The van der Waals surface area contributed by atoms with Crippen molar-refractivity contribution in [1.29, 1.82) is 0 Å². The fourth-order valence-electron chi connectivity index (χ4n) is 4.79. The molecule has 3 aromatic carbocycles. The molecule has 1 amide bonds. The molecule has 3 heterocycles. The molecule has 0 saturated carbocycles. The summed E-state index contributed by atoms with van der Waals surface area (Å²) in [6, 6.07) is 24.9. The first kappa shape index (κ1) is 22.5. The van der Waals surface area contributed by atoms with E-state index in [1.807, 2.05) is 55.5 Å². The van der Waals surface area contributed by atoms with Crippen LogP contribution in [0, 0.1) is 0 Å². The number of hydrogen-bond donors (Lipinski definition) is 2. The first-order valence-electron chi connectivity index (χ1n) is 11.9. The second kappa shape index (κ2) is 9.23. The zero-order valence-electron chi connectivity index (χ0n) is 20.3. The van der Waals surface area contributed by atoms with E-state index in [9.17, 15) is 4.79 Å². The van der Waals surface area contributed by atoms with E-state index < -0.39 is 6.04 Å². The number of carbonyl (C=O) groups is 1. The number of carbonyl (C=O) groups excluding carboxylic acids is 1. The van der Waals surface area contributed by atoms with Gasteiger partial charge in [0.25, 0.3) is 5.91 Å². The van der Waals surface area contributed by atoms with E-state index >= 15 is 0 Å². The van der Waals surface area contributed by atoms with Crippen molar-refractivity contribution in [2.75, 3.05) is 17.7 Å². The minimum atomic E-state index is -0.569. The minimum Gasteiger partial charge on any atom is -0.496 e. The largest absolute Gasteiger partial charge is 0.496 e. The highest BCUT2D eigenvalue weighted by atomic mass is 16.5. The number of nitrogens with one attached hydrogen (secondary N) is 2. The van der Waals surface area contributed by atoms with Crippen LogP contribution in [0.5, 0.6) is 5.75 Å². The fraction of sp³-hybridized carbons (Fsp3) is 0.103. The molecule has 1 aliphatic rings. The average Bonchev–Trinajstić information content (AvgIpc) is 3.35. The summed E-state index contributed by atoms with van der Waals surface area (Å²) in [4.78, 5) is 22.6. The summed E-state index contributed by atoms with van der Waals surface area (Å²) in [5.41, 5.74) is 3.52. The number of amides is 1. The zero-order valence-corrected chi connectivity index (χ0v) is 20.3. The third kappa shape index (κ3) is 3.98. The van der Waals surface area contributed by atoms with Gasteiger partial charge >= 0.3 is 0 Å². The van der Waals surface area contributed by atoms with E-state index in [0.717, 1.165) is 21.9 Å². The number of anilines is 2. The molecule has 0 aliphatic carbocycles. The monoisotopic (exact) mass is 488 g/mol. The van der Waals surface area contributed by atoms with Crippen molar-refractivity contribution in [2.45, 2.75) is 13.0 Å². The van der Waals surface area contributed by atoms with Gasteiger partial charge in [0.15, 0.2) is 5.82 Å². The summed E-state index contributed by atoms with van der Waals surface area (Å²) >= 11 is 0. The lowest BCUT2D eigenvalue weighted by Crippen LogP contribution is -2.31. The minimum absolute atomic E-state index is 0.262. The van der Waals surface area contributed by atoms with E-state index in [4.69, 9.17) is 14.8 Å². The Bertz CT molecular complexity index is 1650. The Balaban J connectivity index is 1.51. The highest BCUT2D eigenvalue weighted by Crippen LogP contribution is 2.40. The lowest BCUT2D eigenvalue weighted by Gasteiger charge is -2.29. The maximum Gasteiger partial charge on any atom is 0.255 e. The Morgan fingerprint density at radius 1 is 1.00 bits per heavy atom. The van der Waals surface area contributed by atoms with Crippen molar-refractivity contribution < 1.29 is 9.53 Å². The predicted octanol–water partition coefficient (Wildman–Crippen LogP) is 5.43. The van der Waals surface area contributed by atoms with Crippen LogP contribution in [0.2, 0.25) is 0 Å². The standard InChI is InChI=1S/C29H24N6O2/c1-18-25(28(36)32-20-11-8-16-30-17-20)26(23-13-5-6-15-24(23)37-2)35-29(31-18)33-27(34-35)22-14-7-10-19-9-3-4-12-21(19)22/h3-17,26H,1-2H3,(H,32,36)(H,31,33,34). The molecular formula is C29H24N6O2. The van der Waals surface area contributed by atoms with Crippen molar-refractivity contribution in [3.63, 3.8) is 0 Å². The highest BCUT2D eigenvalue weighted by molar-refractivity contribution is 6.06. The Hall–Kier alpha value is -4.98. The number of allylic oxidation sites excluding steroid dienone is 1. The van der Waals surface area contributed by atoms with Gasteiger partial charge in [0.1, 0.15) is 11.8 Å². The predicted molar refractivity (Wildman–Crippen MR) is 143 cm³/mol. The molecule has 1 atom stereocenters. The quantitative estimate of drug-likeness (QED) is 0.343. The Labute approximate surface area is 213 Å². The van der Waals surface area contributed by atoms with E-state index in [0.29, 0.717) is 34.5 Å². The third-order valence-corrected chi connectivity index (χ3v) is 6.48. The number of aromatic nitrogens is 4. The van der Waals surface area contributed by atoms with Crippen LogP contribution < -0.4 is 15.4 Å². The molecule has 1 aliphatic heterocycles. The number of fused-ring (bicyclic) bond motifs is 2. The van der Waals surface area contributed by atoms with Crippen LogP contribution in [0.1, 0.15) is 18.5 Å². The molecular weight excluding hydrogens is 464 g/mol. The summed E-state index contributed by atoms with van der Waals surface area (Å²) in [5, 5.41) is 13.4. The molecule has 2 aromatic heterocycles. The van der Waals surface area contributed by atoms with Gasteiger partial charge in [0.05, 0.1) is 24.6 Å². The van der Waals surface area contributed by atoms with Gasteiger partial charge < -0.3 is 15.4 Å². The zero-order chi connectivity index (χ0) is 25.4. The van der Waals surface area contributed by atoms with Crippen LogP contribution in [0.25, 0.3) is 22.2 Å². The van der Waals surface area contributed by atoms with Crippen LogP contribution in [-0.2, 0) is 4.79 Å². The van der Waals surface area contributed by atoms with Crippen LogP contribution in [0.4, 0.5) is 11.6 Å². The molecule has 6 rings (SSSR count). The number of pyridine rings is 1. The topological polar surface area (TPSA) is 94.0 Å². The van der Waals surface area contributed by atoms with Gasteiger partial charge in [-0.1, -0.05) is 60.7 Å². The number of para-hydroxylation sites is 1. The average molecular weight is 489 g/mol. The summed E-state index contributed by atoms with van der Waals surface area (Å²) < 4.78 is 7.46. The molecule has 0 spiro atoms. The number of nitrogens with zero attached hydrogens (tertiary/aromatic N) is 4. The molecule has 2 N–H and O–H groups in total. The smallest absolute Gasteiger partial charge is 0.255 e. The summed E-state index contributed by atoms with van der Waals surface area (Å²) in [6.45, 7) is 1.87. The van der Waals surface area contributed by atoms with Crippen LogP contribution in [-0.4, -0.2) is 32.8 Å². The normalized spacial score (nSPS) is 14.7. The molecule has 182 valence electrons. The van der Waals surface area contributed by atoms with Gasteiger partial charge in [0, 0.05) is 23.0 Å². The van der Waals surface area contributed by atoms with Crippen molar-refractivity contribution in [1.82, 2.24) is 19.7 Å². The number of methoxy groups -OCH3 is 1. The maximum atomic E-state index is 13.7. The second-order valence-corrected chi connectivity index (χ2v) is 8.73. The molecule has 0 radical (unpaired) electrons. The first-order chi connectivity index (χ1) is 18.1. The van der Waals surface area contributed by atoms with Gasteiger partial charge in [-0.25, -0.2) is 4.68 Å². The van der Waals surface area contributed by atoms with Crippen molar-refractivity contribution in [3.05, 3.63) is 108 Å². The van der Waals surface area contributed by atoms with Crippen molar-refractivity contribution in [2.24, 2.45) is 0 Å². The molecule has 0 bridgehead atoms. The van der Waals surface area contributed by atoms with Gasteiger partial charge in [0.2, 0.25) is 5.95 Å².